The SMILES string of the molecule is CCCCN(C)S(=O)(=O)N(CC)CC. The third-order valence-corrected chi connectivity index (χ3v) is 4.39. The van der Waals surface area contributed by atoms with E-state index in [0.29, 0.717) is 19.6 Å². The van der Waals surface area contributed by atoms with E-state index in [1.54, 1.807) is 7.05 Å². The molecule has 5 heteroatoms. The first kappa shape index (κ1) is 13.9. The number of nitrogens with zero attached hydrogens (tertiary/aromatic N) is 2. The van der Waals surface area contributed by atoms with Crippen molar-refractivity contribution in [3.63, 3.8) is 0 Å². The van der Waals surface area contributed by atoms with Crippen LogP contribution in [-0.4, -0.2) is 43.7 Å². The number of hydrogen-bond donors (Lipinski definition) is 0. The molecule has 0 atom stereocenters. The second kappa shape index (κ2) is 6.37. The Hall–Kier alpha value is -0.130. The van der Waals surface area contributed by atoms with Crippen LogP contribution < -0.4 is 0 Å². The molecule has 0 spiro atoms. The van der Waals surface area contributed by atoms with E-state index in [-0.39, 0.29) is 0 Å². The van der Waals surface area contributed by atoms with Crippen molar-refractivity contribution >= 4 is 10.2 Å². The third-order valence-electron chi connectivity index (χ3n) is 2.25. The van der Waals surface area contributed by atoms with Gasteiger partial charge in [0.05, 0.1) is 0 Å². The van der Waals surface area contributed by atoms with Crippen molar-refractivity contribution in [2.75, 3.05) is 26.7 Å². The number of unbranched alkanes of at least 4 members (excludes halogenated alkanes) is 1. The third kappa shape index (κ3) is 3.55. The fourth-order valence-corrected chi connectivity index (χ4v) is 2.65. The molecular weight excluding hydrogens is 200 g/mol. The first-order valence-electron chi connectivity index (χ1n) is 5.22. The zero-order valence-electron chi connectivity index (χ0n) is 9.65. The summed E-state index contributed by atoms with van der Waals surface area (Å²) >= 11 is 0. The summed E-state index contributed by atoms with van der Waals surface area (Å²) in [4.78, 5) is 0. The van der Waals surface area contributed by atoms with Crippen molar-refractivity contribution in [3.05, 3.63) is 0 Å². The van der Waals surface area contributed by atoms with Crippen LogP contribution in [0.15, 0.2) is 0 Å². The Morgan fingerprint density at radius 3 is 1.93 bits per heavy atom. The molecule has 0 amide bonds. The minimum Gasteiger partial charge on any atom is -0.195 e. The maximum Gasteiger partial charge on any atom is 0.281 e. The molecular formula is C9H22N2O2S. The Kier molecular flexibility index (Phi) is 6.31. The lowest BCUT2D eigenvalue weighted by molar-refractivity contribution is 0.374. The van der Waals surface area contributed by atoms with Gasteiger partial charge in [-0.25, -0.2) is 0 Å². The molecule has 0 aliphatic carbocycles. The van der Waals surface area contributed by atoms with Gasteiger partial charge in [0.2, 0.25) is 0 Å². The Morgan fingerprint density at radius 2 is 1.57 bits per heavy atom. The highest BCUT2D eigenvalue weighted by Crippen LogP contribution is 2.06. The molecule has 0 aromatic rings. The maximum atomic E-state index is 11.9. The van der Waals surface area contributed by atoms with Crippen LogP contribution in [-0.2, 0) is 10.2 Å². The first-order valence-corrected chi connectivity index (χ1v) is 6.61. The molecule has 0 radical (unpaired) electrons. The van der Waals surface area contributed by atoms with Gasteiger partial charge in [-0.1, -0.05) is 27.2 Å². The molecule has 0 N–H and O–H groups in total. The molecule has 0 saturated heterocycles. The Morgan fingerprint density at radius 1 is 1.07 bits per heavy atom. The molecule has 0 aromatic heterocycles. The lowest BCUT2D eigenvalue weighted by Crippen LogP contribution is -2.42. The van der Waals surface area contributed by atoms with E-state index in [1.165, 1.54) is 8.61 Å². The number of rotatable bonds is 7. The standard InChI is InChI=1S/C9H22N2O2S/c1-5-8-9-10(4)14(12,13)11(6-2)7-3/h5-9H2,1-4H3. The van der Waals surface area contributed by atoms with Crippen molar-refractivity contribution in [1.29, 1.82) is 0 Å². The molecule has 0 aromatic carbocycles. The maximum absolute atomic E-state index is 11.9. The predicted octanol–water partition coefficient (Wildman–Crippen LogP) is 1.30. The van der Waals surface area contributed by atoms with Gasteiger partial charge in [-0.3, -0.25) is 0 Å². The van der Waals surface area contributed by atoms with Crippen molar-refractivity contribution in [2.45, 2.75) is 33.6 Å². The Balaban J connectivity index is 4.43. The summed E-state index contributed by atoms with van der Waals surface area (Å²) in [5, 5.41) is 0. The van der Waals surface area contributed by atoms with E-state index in [9.17, 15) is 8.42 Å². The molecule has 0 heterocycles. The molecule has 14 heavy (non-hydrogen) atoms. The Bertz CT molecular complexity index is 235. The molecule has 0 aliphatic rings. The highest BCUT2D eigenvalue weighted by atomic mass is 32.2. The molecule has 4 nitrogen and oxygen atoms in total. The largest absolute Gasteiger partial charge is 0.281 e. The van der Waals surface area contributed by atoms with E-state index in [1.807, 2.05) is 13.8 Å². The van der Waals surface area contributed by atoms with Crippen molar-refractivity contribution in [2.24, 2.45) is 0 Å². The molecule has 0 unspecified atom stereocenters. The average molecular weight is 222 g/mol. The van der Waals surface area contributed by atoms with Crippen molar-refractivity contribution < 1.29 is 8.42 Å². The van der Waals surface area contributed by atoms with Gasteiger partial charge in [0.25, 0.3) is 10.2 Å². The van der Waals surface area contributed by atoms with Crippen LogP contribution in [0.1, 0.15) is 33.6 Å². The van der Waals surface area contributed by atoms with E-state index < -0.39 is 10.2 Å². The smallest absolute Gasteiger partial charge is 0.195 e. The fraction of sp³-hybridized carbons (Fsp3) is 1.00. The quantitative estimate of drug-likeness (QED) is 0.651. The van der Waals surface area contributed by atoms with Gasteiger partial charge < -0.3 is 0 Å². The molecule has 0 rings (SSSR count). The first-order chi connectivity index (χ1) is 6.50. The molecule has 86 valence electrons. The molecule has 0 saturated carbocycles. The average Bonchev–Trinajstić information content (AvgIpc) is 2.15. The lowest BCUT2D eigenvalue weighted by Gasteiger charge is -2.25. The van der Waals surface area contributed by atoms with E-state index in [4.69, 9.17) is 0 Å². The molecule has 0 bridgehead atoms. The zero-order chi connectivity index (χ0) is 11.2. The van der Waals surface area contributed by atoms with Gasteiger partial charge in [0, 0.05) is 26.7 Å². The highest BCUT2D eigenvalue weighted by Gasteiger charge is 2.23. The summed E-state index contributed by atoms with van der Waals surface area (Å²) in [7, 11) is -1.56. The van der Waals surface area contributed by atoms with Gasteiger partial charge in [-0.15, -0.1) is 0 Å². The van der Waals surface area contributed by atoms with E-state index >= 15 is 0 Å². The Labute approximate surface area is 88.1 Å². The topological polar surface area (TPSA) is 40.6 Å². The molecule has 0 aliphatic heterocycles. The van der Waals surface area contributed by atoms with Crippen molar-refractivity contribution in [3.8, 4) is 0 Å². The fourth-order valence-electron chi connectivity index (χ4n) is 1.24. The second-order valence-electron chi connectivity index (χ2n) is 3.27. The van der Waals surface area contributed by atoms with Crippen LogP contribution in [0.5, 0.6) is 0 Å². The van der Waals surface area contributed by atoms with Crippen LogP contribution in [0, 0.1) is 0 Å². The summed E-state index contributed by atoms with van der Waals surface area (Å²) in [6.45, 7) is 7.45. The molecule has 0 fully saturated rings. The van der Waals surface area contributed by atoms with Crippen LogP contribution >= 0.6 is 0 Å². The second-order valence-corrected chi connectivity index (χ2v) is 5.30. The van der Waals surface area contributed by atoms with E-state index in [0.717, 1.165) is 12.8 Å². The highest BCUT2D eigenvalue weighted by molar-refractivity contribution is 7.86. The monoisotopic (exact) mass is 222 g/mol. The lowest BCUT2D eigenvalue weighted by atomic mass is 10.3. The van der Waals surface area contributed by atoms with Crippen LogP contribution in [0.4, 0.5) is 0 Å². The van der Waals surface area contributed by atoms with Gasteiger partial charge in [-0.2, -0.15) is 17.0 Å². The van der Waals surface area contributed by atoms with Gasteiger partial charge in [0.1, 0.15) is 0 Å². The summed E-state index contributed by atoms with van der Waals surface area (Å²) < 4.78 is 26.6. The summed E-state index contributed by atoms with van der Waals surface area (Å²) in [6.07, 6.45) is 1.93. The predicted molar refractivity (Wildman–Crippen MR) is 59.4 cm³/mol. The number of hydrogen-bond acceptors (Lipinski definition) is 2. The van der Waals surface area contributed by atoms with Gasteiger partial charge >= 0.3 is 0 Å². The minimum absolute atomic E-state index is 0.537. The van der Waals surface area contributed by atoms with Crippen LogP contribution in [0.3, 0.4) is 0 Å². The summed E-state index contributed by atoms with van der Waals surface area (Å²) in [6, 6.07) is 0. The zero-order valence-corrected chi connectivity index (χ0v) is 10.5. The summed E-state index contributed by atoms with van der Waals surface area (Å²) in [5.41, 5.74) is 0. The normalized spacial score (nSPS) is 12.7. The van der Waals surface area contributed by atoms with Gasteiger partial charge in [0.15, 0.2) is 0 Å². The van der Waals surface area contributed by atoms with E-state index in [2.05, 4.69) is 6.92 Å². The van der Waals surface area contributed by atoms with Crippen molar-refractivity contribution in [1.82, 2.24) is 8.61 Å². The summed E-state index contributed by atoms with van der Waals surface area (Å²) in [5.74, 6) is 0. The minimum atomic E-state index is -3.21. The van der Waals surface area contributed by atoms with Crippen LogP contribution in [0.25, 0.3) is 0 Å². The van der Waals surface area contributed by atoms with Crippen LogP contribution in [0.2, 0.25) is 0 Å². The van der Waals surface area contributed by atoms with Gasteiger partial charge in [-0.05, 0) is 6.42 Å².